The van der Waals surface area contributed by atoms with Crippen LogP contribution in [0, 0.1) is 3.57 Å². The van der Waals surface area contributed by atoms with Gasteiger partial charge in [-0.1, -0.05) is 23.2 Å². The topological polar surface area (TPSA) is 66.4 Å². The van der Waals surface area contributed by atoms with Gasteiger partial charge in [0, 0.05) is 9.13 Å². The standard InChI is InChI=1S/C14H8Cl2INO3/c15-10-5-8(14(20)21)6-11(16)12(10)18-13(19)7-1-3-9(17)4-2-7/h1-6H,(H,18,19)(H,20,21). The third-order valence-electron chi connectivity index (χ3n) is 2.63. The number of benzene rings is 2. The number of rotatable bonds is 3. The molecule has 2 rings (SSSR count). The first-order valence-electron chi connectivity index (χ1n) is 5.67. The third-order valence-corrected chi connectivity index (χ3v) is 3.95. The number of aromatic carboxylic acids is 1. The van der Waals surface area contributed by atoms with Crippen LogP contribution in [-0.4, -0.2) is 17.0 Å². The number of hydrogen-bond acceptors (Lipinski definition) is 2. The van der Waals surface area contributed by atoms with Crippen molar-refractivity contribution in [1.29, 1.82) is 0 Å². The smallest absolute Gasteiger partial charge is 0.335 e. The minimum Gasteiger partial charge on any atom is -0.478 e. The van der Waals surface area contributed by atoms with E-state index in [1.54, 1.807) is 24.3 Å². The molecule has 0 aromatic heterocycles. The Morgan fingerprint density at radius 1 is 1.00 bits per heavy atom. The first-order valence-corrected chi connectivity index (χ1v) is 7.51. The summed E-state index contributed by atoms with van der Waals surface area (Å²) in [6.07, 6.45) is 0. The van der Waals surface area contributed by atoms with Crippen molar-refractivity contribution in [3.8, 4) is 0 Å². The Kier molecular flexibility index (Phi) is 5.08. The fourth-order valence-corrected chi connectivity index (χ4v) is 2.54. The molecule has 108 valence electrons. The number of carbonyl (C=O) groups excluding carboxylic acids is 1. The van der Waals surface area contributed by atoms with Crippen LogP contribution in [0.4, 0.5) is 5.69 Å². The van der Waals surface area contributed by atoms with E-state index < -0.39 is 5.97 Å². The molecule has 0 saturated heterocycles. The van der Waals surface area contributed by atoms with E-state index in [1.807, 2.05) is 0 Å². The SMILES string of the molecule is O=C(O)c1cc(Cl)c(NC(=O)c2ccc(I)cc2)c(Cl)c1. The van der Waals surface area contributed by atoms with E-state index in [4.69, 9.17) is 28.3 Å². The Balaban J connectivity index is 2.29. The van der Waals surface area contributed by atoms with E-state index in [2.05, 4.69) is 27.9 Å². The van der Waals surface area contributed by atoms with Crippen molar-refractivity contribution >= 4 is 63.4 Å². The summed E-state index contributed by atoms with van der Waals surface area (Å²) in [5.41, 5.74) is 0.592. The zero-order valence-electron chi connectivity index (χ0n) is 10.4. The van der Waals surface area contributed by atoms with Gasteiger partial charge >= 0.3 is 5.97 Å². The number of hydrogen-bond donors (Lipinski definition) is 2. The van der Waals surface area contributed by atoms with Gasteiger partial charge in [-0.3, -0.25) is 4.79 Å². The number of anilines is 1. The summed E-state index contributed by atoms with van der Waals surface area (Å²) in [4.78, 5) is 23.0. The highest BCUT2D eigenvalue weighted by Gasteiger charge is 2.15. The predicted octanol–water partition coefficient (Wildman–Crippen LogP) is 4.55. The van der Waals surface area contributed by atoms with Crippen LogP contribution in [0.15, 0.2) is 36.4 Å². The van der Waals surface area contributed by atoms with Crippen molar-refractivity contribution in [3.63, 3.8) is 0 Å². The van der Waals surface area contributed by atoms with Crippen molar-refractivity contribution in [1.82, 2.24) is 0 Å². The molecule has 0 saturated carbocycles. The number of amides is 1. The molecule has 0 heterocycles. The zero-order chi connectivity index (χ0) is 15.6. The minimum atomic E-state index is -1.14. The lowest BCUT2D eigenvalue weighted by molar-refractivity contribution is 0.0696. The fraction of sp³-hybridized carbons (Fsp3) is 0. The molecule has 0 atom stereocenters. The summed E-state index contributed by atoms with van der Waals surface area (Å²) in [5.74, 6) is -1.52. The third kappa shape index (κ3) is 3.87. The molecule has 0 aliphatic rings. The van der Waals surface area contributed by atoms with Crippen LogP contribution in [0.2, 0.25) is 10.0 Å². The molecule has 2 aromatic rings. The Bertz CT molecular complexity index is 694. The van der Waals surface area contributed by atoms with Crippen LogP contribution in [0.5, 0.6) is 0 Å². The van der Waals surface area contributed by atoms with Gasteiger partial charge in [0.25, 0.3) is 5.91 Å². The van der Waals surface area contributed by atoms with Gasteiger partial charge < -0.3 is 10.4 Å². The van der Waals surface area contributed by atoms with Crippen LogP contribution in [0.1, 0.15) is 20.7 Å². The van der Waals surface area contributed by atoms with Crippen molar-refractivity contribution in [3.05, 3.63) is 61.1 Å². The molecule has 0 fully saturated rings. The quantitative estimate of drug-likeness (QED) is 0.695. The molecule has 0 bridgehead atoms. The summed E-state index contributed by atoms with van der Waals surface area (Å²) in [5, 5.41) is 11.6. The van der Waals surface area contributed by atoms with Gasteiger partial charge in [-0.15, -0.1) is 0 Å². The van der Waals surface area contributed by atoms with Gasteiger partial charge in [0.1, 0.15) is 0 Å². The van der Waals surface area contributed by atoms with Crippen LogP contribution >= 0.6 is 45.8 Å². The summed E-state index contributed by atoms with van der Waals surface area (Å²) < 4.78 is 1.01. The van der Waals surface area contributed by atoms with Crippen LogP contribution in [-0.2, 0) is 0 Å². The van der Waals surface area contributed by atoms with Crippen molar-refractivity contribution in [2.24, 2.45) is 0 Å². The van der Waals surface area contributed by atoms with E-state index in [9.17, 15) is 9.59 Å². The summed E-state index contributed by atoms with van der Waals surface area (Å²) >= 11 is 14.1. The molecule has 0 aliphatic carbocycles. The normalized spacial score (nSPS) is 10.2. The number of carboxylic acids is 1. The van der Waals surface area contributed by atoms with E-state index >= 15 is 0 Å². The molecule has 0 spiro atoms. The van der Waals surface area contributed by atoms with E-state index in [0.717, 1.165) is 3.57 Å². The molecule has 4 nitrogen and oxygen atoms in total. The molecular formula is C14H8Cl2INO3. The van der Waals surface area contributed by atoms with Gasteiger partial charge in [0.05, 0.1) is 21.3 Å². The average molecular weight is 436 g/mol. The monoisotopic (exact) mass is 435 g/mol. The number of nitrogens with one attached hydrogen (secondary N) is 1. The minimum absolute atomic E-state index is 0.0442. The first-order chi connectivity index (χ1) is 9.88. The van der Waals surface area contributed by atoms with Crippen molar-refractivity contribution in [2.45, 2.75) is 0 Å². The molecule has 0 unspecified atom stereocenters. The predicted molar refractivity (Wildman–Crippen MR) is 90.5 cm³/mol. The van der Waals surface area contributed by atoms with Crippen LogP contribution < -0.4 is 5.32 Å². The van der Waals surface area contributed by atoms with Crippen LogP contribution in [0.25, 0.3) is 0 Å². The van der Waals surface area contributed by atoms with E-state index in [-0.39, 0.29) is 27.2 Å². The first kappa shape index (κ1) is 16.1. The number of carboxylic acid groups (broad SMARTS) is 1. The largest absolute Gasteiger partial charge is 0.478 e. The van der Waals surface area contributed by atoms with Gasteiger partial charge in [0.15, 0.2) is 0 Å². The van der Waals surface area contributed by atoms with Gasteiger partial charge in [-0.05, 0) is 59.0 Å². The fourth-order valence-electron chi connectivity index (χ4n) is 1.60. The summed E-state index contributed by atoms with van der Waals surface area (Å²) in [6.45, 7) is 0. The zero-order valence-corrected chi connectivity index (χ0v) is 14.0. The molecule has 0 aliphatic heterocycles. The Morgan fingerprint density at radius 3 is 2.00 bits per heavy atom. The maximum Gasteiger partial charge on any atom is 0.335 e. The second-order valence-electron chi connectivity index (χ2n) is 4.08. The molecule has 1 amide bonds. The second-order valence-corrected chi connectivity index (χ2v) is 6.14. The summed E-state index contributed by atoms with van der Waals surface area (Å²) in [7, 11) is 0. The molecule has 0 radical (unpaired) electrons. The van der Waals surface area contributed by atoms with Gasteiger partial charge in [-0.25, -0.2) is 4.79 Å². The highest BCUT2D eigenvalue weighted by molar-refractivity contribution is 14.1. The van der Waals surface area contributed by atoms with Crippen molar-refractivity contribution < 1.29 is 14.7 Å². The molecule has 21 heavy (non-hydrogen) atoms. The van der Waals surface area contributed by atoms with E-state index in [0.29, 0.717) is 5.56 Å². The number of carbonyl (C=O) groups is 2. The molecule has 2 aromatic carbocycles. The van der Waals surface area contributed by atoms with Gasteiger partial charge in [-0.2, -0.15) is 0 Å². The summed E-state index contributed by atoms with van der Waals surface area (Å²) in [6, 6.07) is 9.41. The lowest BCUT2D eigenvalue weighted by Crippen LogP contribution is -2.13. The average Bonchev–Trinajstić information content (AvgIpc) is 2.43. The maximum atomic E-state index is 12.1. The van der Waals surface area contributed by atoms with Gasteiger partial charge in [0.2, 0.25) is 0 Å². The highest BCUT2D eigenvalue weighted by atomic mass is 127. The highest BCUT2D eigenvalue weighted by Crippen LogP contribution is 2.32. The maximum absolute atomic E-state index is 12.1. The molecule has 7 heteroatoms. The molecule has 2 N–H and O–H groups in total. The molecular weight excluding hydrogens is 428 g/mol. The Hall–Kier alpha value is -1.31. The van der Waals surface area contributed by atoms with E-state index in [1.165, 1.54) is 12.1 Å². The lowest BCUT2D eigenvalue weighted by Gasteiger charge is -2.10. The Morgan fingerprint density at radius 2 is 1.52 bits per heavy atom. The second kappa shape index (κ2) is 6.64. The number of halogens is 3. The lowest BCUT2D eigenvalue weighted by atomic mass is 10.2. The van der Waals surface area contributed by atoms with Crippen LogP contribution in [0.3, 0.4) is 0 Å². The van der Waals surface area contributed by atoms with Crippen molar-refractivity contribution in [2.75, 3.05) is 5.32 Å². The Labute approximate surface area is 144 Å².